The highest BCUT2D eigenvalue weighted by Gasteiger charge is 2.49. The van der Waals surface area contributed by atoms with Gasteiger partial charge in [0.05, 0.1) is 6.10 Å². The predicted molar refractivity (Wildman–Crippen MR) is 140 cm³/mol. The molecule has 6 heteroatoms. The zero-order chi connectivity index (χ0) is 24.2. The monoisotopic (exact) mass is 485 g/mol. The topological polar surface area (TPSA) is 47.6 Å². The second-order valence-corrected chi connectivity index (χ2v) is 16.5. The lowest BCUT2D eigenvalue weighted by Gasteiger charge is -2.47. The number of thioether (sulfide) groups is 1. The molecule has 33 heavy (non-hydrogen) atoms. The van der Waals surface area contributed by atoms with Crippen molar-refractivity contribution in [2.45, 2.75) is 93.7 Å². The fourth-order valence-electron chi connectivity index (χ4n) is 5.30. The number of rotatable bonds is 9. The van der Waals surface area contributed by atoms with Crippen molar-refractivity contribution in [3.8, 4) is 0 Å². The van der Waals surface area contributed by atoms with Gasteiger partial charge in [-0.15, -0.1) is 11.8 Å². The summed E-state index contributed by atoms with van der Waals surface area (Å²) in [6.07, 6.45) is -1.07. The summed E-state index contributed by atoms with van der Waals surface area (Å²) < 4.78 is 13.6. The number of ether oxygens (including phenoxy) is 1. The zero-order valence-corrected chi connectivity index (χ0v) is 22.8. The van der Waals surface area contributed by atoms with Crippen molar-refractivity contribution in [3.63, 3.8) is 0 Å². The summed E-state index contributed by atoms with van der Waals surface area (Å²) in [5, 5.41) is 2.77. The van der Waals surface area contributed by atoms with Crippen molar-refractivity contribution < 1.29 is 14.0 Å². The van der Waals surface area contributed by atoms with E-state index in [4.69, 9.17) is 9.16 Å². The van der Waals surface area contributed by atoms with Crippen LogP contribution in [0.4, 0.5) is 0 Å². The molecule has 180 valence electrons. The van der Waals surface area contributed by atoms with Crippen LogP contribution in [0.15, 0.2) is 65.6 Å². The van der Waals surface area contributed by atoms with E-state index < -0.39 is 14.5 Å². The Balaban J connectivity index is 1.87. The fourth-order valence-corrected chi connectivity index (χ4v) is 12.0. The third-order valence-corrected chi connectivity index (χ3v) is 14.2. The summed E-state index contributed by atoms with van der Waals surface area (Å²) >= 11 is 1.55. The fraction of sp³-hybridized carbons (Fsp3) is 0.519. The molecule has 0 unspecified atom stereocenters. The molecule has 1 aliphatic rings. The van der Waals surface area contributed by atoms with Gasteiger partial charge in [-0.2, -0.15) is 0 Å². The van der Waals surface area contributed by atoms with Crippen LogP contribution < -0.4 is 5.32 Å². The van der Waals surface area contributed by atoms with Gasteiger partial charge in [0, 0.05) is 4.90 Å². The Bertz CT molecular complexity index is 869. The highest BCUT2D eigenvalue weighted by molar-refractivity contribution is 8.00. The first-order valence-corrected chi connectivity index (χ1v) is 15.1. The van der Waals surface area contributed by atoms with Gasteiger partial charge in [0.1, 0.15) is 11.4 Å². The number of nitrogens with one attached hydrogen (secondary N) is 1. The standard InChI is InChI=1S/C27H39NO3SSi/c1-18(2)33(19(3)4,20(5)6)31-21(7)27-28-26(29)25(32-23-16-12-9-13-17-23)24(30-27)22-14-10-8-11-15-22/h8-21,24-25,27H,1-7H3,(H,28,29)/t21-,24-,25+,27+/m0/s1. The van der Waals surface area contributed by atoms with E-state index in [1.54, 1.807) is 11.8 Å². The molecule has 2 aromatic rings. The van der Waals surface area contributed by atoms with E-state index in [0.29, 0.717) is 16.6 Å². The van der Waals surface area contributed by atoms with Crippen LogP contribution in [0.2, 0.25) is 16.6 Å². The van der Waals surface area contributed by atoms with Crippen LogP contribution in [0.5, 0.6) is 0 Å². The second-order valence-electron chi connectivity index (χ2n) is 9.89. The van der Waals surface area contributed by atoms with Crippen LogP contribution in [0.1, 0.15) is 60.1 Å². The molecule has 1 fully saturated rings. The van der Waals surface area contributed by atoms with E-state index in [1.165, 1.54) is 0 Å². The lowest BCUT2D eigenvalue weighted by atomic mass is 10.0. The van der Waals surface area contributed by atoms with Crippen LogP contribution in [-0.4, -0.2) is 31.8 Å². The molecule has 1 saturated heterocycles. The third-order valence-electron chi connectivity index (χ3n) is 6.77. The summed E-state index contributed by atoms with van der Waals surface area (Å²) in [5.74, 6) is -0.00434. The maximum atomic E-state index is 13.4. The molecule has 1 N–H and O–H groups in total. The number of carbonyl (C=O) groups is 1. The number of hydrogen-bond acceptors (Lipinski definition) is 4. The Labute approximate surface area is 205 Å². The van der Waals surface area contributed by atoms with Gasteiger partial charge in [-0.3, -0.25) is 4.79 Å². The minimum absolute atomic E-state index is 0.00434. The molecule has 3 rings (SSSR count). The number of hydrogen-bond donors (Lipinski definition) is 1. The molecule has 1 heterocycles. The Morgan fingerprint density at radius 2 is 1.36 bits per heavy atom. The molecule has 0 bridgehead atoms. The van der Waals surface area contributed by atoms with Crippen molar-refractivity contribution in [1.82, 2.24) is 5.32 Å². The number of amides is 1. The summed E-state index contributed by atoms with van der Waals surface area (Å²) in [6, 6.07) is 20.1. The van der Waals surface area contributed by atoms with E-state index in [2.05, 4.69) is 46.9 Å². The molecule has 4 atom stereocenters. The van der Waals surface area contributed by atoms with Gasteiger partial charge < -0.3 is 14.5 Å². The molecule has 0 saturated carbocycles. The normalized spacial score (nSPS) is 22.6. The number of benzene rings is 2. The van der Waals surface area contributed by atoms with E-state index in [1.807, 2.05) is 67.6 Å². The largest absolute Gasteiger partial charge is 0.409 e. The average Bonchev–Trinajstić information content (AvgIpc) is 2.79. The minimum atomic E-state index is -2.11. The molecule has 0 aromatic heterocycles. The van der Waals surface area contributed by atoms with E-state index in [-0.39, 0.29) is 23.4 Å². The summed E-state index contributed by atoms with van der Waals surface area (Å²) in [6.45, 7) is 15.7. The van der Waals surface area contributed by atoms with Crippen LogP contribution in [0, 0.1) is 0 Å². The van der Waals surface area contributed by atoms with Crippen molar-refractivity contribution in [2.75, 3.05) is 0 Å². The third kappa shape index (κ3) is 5.73. The van der Waals surface area contributed by atoms with Gasteiger partial charge in [-0.05, 0) is 41.2 Å². The maximum absolute atomic E-state index is 13.4. The Hall–Kier alpha value is -1.60. The molecule has 1 aliphatic heterocycles. The molecule has 4 nitrogen and oxygen atoms in total. The quantitative estimate of drug-likeness (QED) is 0.391. The summed E-state index contributed by atoms with van der Waals surface area (Å²) in [4.78, 5) is 14.5. The molecular formula is C27H39NO3SSi. The van der Waals surface area contributed by atoms with Gasteiger partial charge in [0.25, 0.3) is 0 Å². The van der Waals surface area contributed by atoms with E-state index >= 15 is 0 Å². The average molecular weight is 486 g/mol. The van der Waals surface area contributed by atoms with Crippen LogP contribution in [0.3, 0.4) is 0 Å². The maximum Gasteiger partial charge on any atom is 0.238 e. The van der Waals surface area contributed by atoms with Crippen molar-refractivity contribution in [3.05, 3.63) is 66.2 Å². The lowest BCUT2D eigenvalue weighted by Crippen LogP contribution is -2.59. The van der Waals surface area contributed by atoms with Crippen molar-refractivity contribution in [2.24, 2.45) is 0 Å². The SMILES string of the molecule is CC(C)[Si](O[C@@H](C)[C@@H]1NC(=O)[C@H](Sc2ccccc2)[C@H](c2ccccc2)O1)(C(C)C)C(C)C. The van der Waals surface area contributed by atoms with Gasteiger partial charge in [-0.1, -0.05) is 90.1 Å². The lowest BCUT2D eigenvalue weighted by molar-refractivity contribution is -0.151. The smallest absolute Gasteiger partial charge is 0.238 e. The van der Waals surface area contributed by atoms with Crippen LogP contribution >= 0.6 is 11.8 Å². The van der Waals surface area contributed by atoms with Crippen molar-refractivity contribution in [1.29, 1.82) is 0 Å². The highest BCUT2D eigenvalue weighted by Crippen LogP contribution is 2.44. The molecule has 1 amide bonds. The van der Waals surface area contributed by atoms with Gasteiger partial charge in [-0.25, -0.2) is 0 Å². The second kappa shape index (κ2) is 11.2. The van der Waals surface area contributed by atoms with Crippen LogP contribution in [0.25, 0.3) is 0 Å². The first kappa shape index (κ1) is 26.0. The number of carbonyl (C=O) groups excluding carboxylic acids is 1. The molecule has 0 radical (unpaired) electrons. The molecule has 0 aliphatic carbocycles. The Morgan fingerprint density at radius 3 is 1.88 bits per heavy atom. The predicted octanol–water partition coefficient (Wildman–Crippen LogP) is 6.94. The van der Waals surface area contributed by atoms with Gasteiger partial charge >= 0.3 is 0 Å². The summed E-state index contributed by atoms with van der Waals surface area (Å²) in [7, 11) is -2.11. The summed E-state index contributed by atoms with van der Waals surface area (Å²) in [5.41, 5.74) is 2.40. The zero-order valence-electron chi connectivity index (χ0n) is 20.9. The van der Waals surface area contributed by atoms with Gasteiger partial charge in [0.2, 0.25) is 14.2 Å². The molecular weight excluding hydrogens is 446 g/mol. The van der Waals surface area contributed by atoms with Crippen molar-refractivity contribution >= 4 is 26.0 Å². The molecule has 2 aromatic carbocycles. The Morgan fingerprint density at radius 1 is 0.848 bits per heavy atom. The molecule has 0 spiro atoms. The minimum Gasteiger partial charge on any atom is -0.409 e. The van der Waals surface area contributed by atoms with Crippen LogP contribution in [-0.2, 0) is 14.0 Å². The first-order chi connectivity index (χ1) is 15.7. The Kier molecular flexibility index (Phi) is 8.84. The first-order valence-electron chi connectivity index (χ1n) is 12.1. The van der Waals surface area contributed by atoms with E-state index in [9.17, 15) is 4.79 Å². The highest BCUT2D eigenvalue weighted by atomic mass is 32.2. The van der Waals surface area contributed by atoms with E-state index in [0.717, 1.165) is 10.5 Å². The van der Waals surface area contributed by atoms with Gasteiger partial charge in [0.15, 0.2) is 6.23 Å².